The van der Waals surface area contributed by atoms with Crippen molar-refractivity contribution < 1.29 is 9.18 Å². The van der Waals surface area contributed by atoms with Crippen LogP contribution < -0.4 is 5.32 Å². The number of aromatic nitrogens is 1. The molecule has 1 aromatic heterocycles. The van der Waals surface area contributed by atoms with Crippen LogP contribution in [0.25, 0.3) is 10.9 Å². The molecule has 1 N–H and O–H groups in total. The Balaban J connectivity index is 1.51. The van der Waals surface area contributed by atoms with Gasteiger partial charge in [-0.25, -0.2) is 9.37 Å². The van der Waals surface area contributed by atoms with Crippen LogP contribution in [-0.4, -0.2) is 28.9 Å². The number of hydrogen-bond acceptors (Lipinski definition) is 3. The van der Waals surface area contributed by atoms with Gasteiger partial charge < -0.3 is 5.32 Å². The van der Waals surface area contributed by atoms with E-state index in [1.165, 1.54) is 24.5 Å². The molecule has 4 nitrogen and oxygen atoms in total. The molecule has 0 saturated carbocycles. The zero-order chi connectivity index (χ0) is 17.9. The van der Waals surface area contributed by atoms with E-state index < -0.39 is 5.82 Å². The maximum absolute atomic E-state index is 13.9. The summed E-state index contributed by atoms with van der Waals surface area (Å²) >= 11 is 0. The molecule has 0 radical (unpaired) electrons. The second-order valence-corrected chi connectivity index (χ2v) is 6.65. The van der Waals surface area contributed by atoms with Crippen LogP contribution in [0, 0.1) is 5.82 Å². The van der Waals surface area contributed by atoms with Gasteiger partial charge in [-0.2, -0.15) is 0 Å². The predicted molar refractivity (Wildman–Crippen MR) is 101 cm³/mol. The molecule has 3 aromatic rings. The van der Waals surface area contributed by atoms with E-state index >= 15 is 0 Å². The zero-order valence-electron chi connectivity index (χ0n) is 14.4. The Morgan fingerprint density at radius 2 is 1.88 bits per heavy atom. The number of para-hydroxylation sites is 1. The van der Waals surface area contributed by atoms with E-state index in [0.717, 1.165) is 25.3 Å². The number of anilines is 1. The van der Waals surface area contributed by atoms with Crippen LogP contribution in [0.5, 0.6) is 0 Å². The largest absolute Gasteiger partial charge is 0.321 e. The first kappa shape index (κ1) is 16.7. The first-order valence-electron chi connectivity index (χ1n) is 8.87. The van der Waals surface area contributed by atoms with Crippen molar-refractivity contribution in [1.29, 1.82) is 0 Å². The van der Waals surface area contributed by atoms with Crippen LogP contribution in [0.2, 0.25) is 0 Å². The summed E-state index contributed by atoms with van der Waals surface area (Å²) < 4.78 is 13.9. The molecule has 0 bridgehead atoms. The molecular formula is C21H20FN3O. The molecule has 1 saturated heterocycles. The number of nitrogens with zero attached hydrogens (tertiary/aromatic N) is 2. The van der Waals surface area contributed by atoms with Crippen LogP contribution in [0.3, 0.4) is 0 Å². The van der Waals surface area contributed by atoms with Crippen LogP contribution in [0.1, 0.15) is 28.9 Å². The Morgan fingerprint density at radius 3 is 2.73 bits per heavy atom. The van der Waals surface area contributed by atoms with Crippen molar-refractivity contribution in [3.05, 3.63) is 71.7 Å². The summed E-state index contributed by atoms with van der Waals surface area (Å²) in [4.78, 5) is 19.1. The summed E-state index contributed by atoms with van der Waals surface area (Å²) in [6.45, 7) is 3.15. The lowest BCUT2D eigenvalue weighted by Crippen LogP contribution is -2.18. The monoisotopic (exact) mass is 349 g/mol. The number of carbonyl (C=O) groups is 1. The van der Waals surface area contributed by atoms with Gasteiger partial charge >= 0.3 is 0 Å². The van der Waals surface area contributed by atoms with E-state index in [1.807, 2.05) is 18.2 Å². The molecule has 2 aromatic carbocycles. The molecule has 0 aliphatic carbocycles. The molecule has 0 atom stereocenters. The Kier molecular flexibility index (Phi) is 4.63. The van der Waals surface area contributed by atoms with Crippen molar-refractivity contribution in [2.24, 2.45) is 0 Å². The average Bonchev–Trinajstić information content (AvgIpc) is 3.15. The van der Waals surface area contributed by atoms with Crippen molar-refractivity contribution in [3.63, 3.8) is 0 Å². The number of carbonyl (C=O) groups excluding carboxylic acids is 1. The number of hydrogen-bond donors (Lipinski definition) is 1. The van der Waals surface area contributed by atoms with Crippen molar-refractivity contribution in [2.45, 2.75) is 19.4 Å². The van der Waals surface area contributed by atoms with E-state index in [1.54, 1.807) is 24.3 Å². The summed E-state index contributed by atoms with van der Waals surface area (Å²) in [6.07, 6.45) is 2.50. The van der Waals surface area contributed by atoms with E-state index in [-0.39, 0.29) is 17.1 Å². The molecule has 1 amide bonds. The van der Waals surface area contributed by atoms with Gasteiger partial charge in [0.25, 0.3) is 5.91 Å². The number of likely N-dealkylation sites (tertiary alicyclic amines) is 1. The molecule has 1 aliphatic rings. The number of amides is 1. The molecule has 1 aliphatic heterocycles. The second kappa shape index (κ2) is 7.22. The van der Waals surface area contributed by atoms with Gasteiger partial charge in [0.1, 0.15) is 17.0 Å². The molecule has 132 valence electrons. The van der Waals surface area contributed by atoms with E-state index in [2.05, 4.69) is 21.3 Å². The van der Waals surface area contributed by atoms with Gasteiger partial charge in [0.2, 0.25) is 0 Å². The summed E-state index contributed by atoms with van der Waals surface area (Å²) in [5.74, 6) is -0.766. The van der Waals surface area contributed by atoms with Gasteiger partial charge in [-0.05, 0) is 55.8 Å². The normalized spacial score (nSPS) is 14.7. The molecule has 4 rings (SSSR count). The lowest BCUT2D eigenvalue weighted by Gasteiger charge is -2.15. The van der Waals surface area contributed by atoms with Gasteiger partial charge in [0.15, 0.2) is 0 Å². The SMILES string of the molecule is O=C(Nc1cccc(CN2CCCC2)c1)c1ccc2cccc(F)c2n1. The first-order valence-corrected chi connectivity index (χ1v) is 8.87. The Labute approximate surface area is 151 Å². The van der Waals surface area contributed by atoms with Crippen molar-refractivity contribution in [3.8, 4) is 0 Å². The Bertz CT molecular complexity index is 951. The van der Waals surface area contributed by atoms with E-state index in [9.17, 15) is 9.18 Å². The second-order valence-electron chi connectivity index (χ2n) is 6.65. The highest BCUT2D eigenvalue weighted by Gasteiger charge is 2.13. The van der Waals surface area contributed by atoms with Crippen molar-refractivity contribution in [2.75, 3.05) is 18.4 Å². The standard InChI is InChI=1S/C21H20FN3O/c22-18-8-4-6-16-9-10-19(24-20(16)18)21(26)23-17-7-3-5-15(13-17)14-25-11-1-2-12-25/h3-10,13H,1-2,11-12,14H2,(H,23,26). The molecule has 26 heavy (non-hydrogen) atoms. The number of halogens is 1. The summed E-state index contributed by atoms with van der Waals surface area (Å²) in [7, 11) is 0. The minimum Gasteiger partial charge on any atom is -0.321 e. The minimum absolute atomic E-state index is 0.201. The zero-order valence-corrected chi connectivity index (χ0v) is 14.4. The lowest BCUT2D eigenvalue weighted by atomic mass is 10.1. The lowest BCUT2D eigenvalue weighted by molar-refractivity contribution is 0.102. The van der Waals surface area contributed by atoms with E-state index in [0.29, 0.717) is 5.39 Å². The molecule has 1 fully saturated rings. The Morgan fingerprint density at radius 1 is 1.08 bits per heavy atom. The molecule has 0 unspecified atom stereocenters. The fourth-order valence-electron chi connectivity index (χ4n) is 3.38. The highest BCUT2D eigenvalue weighted by molar-refractivity contribution is 6.04. The van der Waals surface area contributed by atoms with Crippen molar-refractivity contribution >= 4 is 22.5 Å². The van der Waals surface area contributed by atoms with Gasteiger partial charge in [-0.3, -0.25) is 9.69 Å². The number of benzene rings is 2. The fourth-order valence-corrected chi connectivity index (χ4v) is 3.38. The van der Waals surface area contributed by atoms with E-state index in [4.69, 9.17) is 0 Å². The highest BCUT2D eigenvalue weighted by Crippen LogP contribution is 2.19. The maximum atomic E-state index is 13.9. The number of rotatable bonds is 4. The topological polar surface area (TPSA) is 45.2 Å². The average molecular weight is 349 g/mol. The third-order valence-corrected chi connectivity index (χ3v) is 4.69. The Hall–Kier alpha value is -2.79. The smallest absolute Gasteiger partial charge is 0.274 e. The minimum atomic E-state index is -0.426. The summed E-state index contributed by atoms with van der Waals surface area (Å²) in [5.41, 5.74) is 2.31. The maximum Gasteiger partial charge on any atom is 0.274 e. The van der Waals surface area contributed by atoms with Gasteiger partial charge in [-0.15, -0.1) is 0 Å². The summed E-state index contributed by atoms with van der Waals surface area (Å²) in [6, 6.07) is 15.9. The van der Waals surface area contributed by atoms with Crippen LogP contribution in [0.4, 0.5) is 10.1 Å². The fraction of sp³-hybridized carbons (Fsp3) is 0.238. The molecule has 5 heteroatoms. The molecule has 0 spiro atoms. The highest BCUT2D eigenvalue weighted by atomic mass is 19.1. The van der Waals surface area contributed by atoms with Crippen molar-refractivity contribution in [1.82, 2.24) is 9.88 Å². The van der Waals surface area contributed by atoms with Gasteiger partial charge in [0.05, 0.1) is 0 Å². The summed E-state index contributed by atoms with van der Waals surface area (Å²) in [5, 5.41) is 3.54. The molecular weight excluding hydrogens is 329 g/mol. The van der Waals surface area contributed by atoms with Crippen LogP contribution >= 0.6 is 0 Å². The third kappa shape index (κ3) is 3.58. The van der Waals surface area contributed by atoms with Gasteiger partial charge in [0, 0.05) is 17.6 Å². The number of pyridine rings is 1. The van der Waals surface area contributed by atoms with Gasteiger partial charge in [-0.1, -0.05) is 30.3 Å². The van der Waals surface area contributed by atoms with Crippen LogP contribution in [0.15, 0.2) is 54.6 Å². The number of fused-ring (bicyclic) bond motifs is 1. The first-order chi connectivity index (χ1) is 12.7. The van der Waals surface area contributed by atoms with Crippen LogP contribution in [-0.2, 0) is 6.54 Å². The number of nitrogens with one attached hydrogen (secondary N) is 1. The third-order valence-electron chi connectivity index (χ3n) is 4.69. The predicted octanol–water partition coefficient (Wildman–Crippen LogP) is 4.22. The molecule has 2 heterocycles. The quantitative estimate of drug-likeness (QED) is 0.767.